The number of hydrogen-bond acceptors (Lipinski definition) is 5. The molecular formula is C7H6N2O3S. The van der Waals surface area contributed by atoms with Gasteiger partial charge in [-0.1, -0.05) is 11.8 Å². The monoisotopic (exact) mass is 198 g/mol. The van der Waals surface area contributed by atoms with Gasteiger partial charge in [-0.3, -0.25) is 4.79 Å². The van der Waals surface area contributed by atoms with Gasteiger partial charge < -0.3 is 5.11 Å². The Kier molecular flexibility index (Phi) is 2.97. The lowest BCUT2D eigenvalue weighted by Gasteiger charge is -1.96. The Morgan fingerprint density at radius 1 is 1.54 bits per heavy atom. The maximum atomic E-state index is 11.0. The molecule has 1 N–H and O–H groups in total. The fourth-order valence-electron chi connectivity index (χ4n) is 0.667. The Balaban J connectivity index is 3.05. The van der Waals surface area contributed by atoms with E-state index < -0.39 is 5.97 Å². The molecule has 6 heteroatoms. The summed E-state index contributed by atoms with van der Waals surface area (Å²) in [5, 5.41) is 8.21. The summed E-state index contributed by atoms with van der Waals surface area (Å²) in [6.07, 6.45) is 2.83. The second-order valence-electron chi connectivity index (χ2n) is 2.06. The van der Waals surface area contributed by atoms with Crippen molar-refractivity contribution in [3.63, 3.8) is 0 Å². The van der Waals surface area contributed by atoms with Gasteiger partial charge in [0.05, 0.1) is 0 Å². The number of carboxylic acids is 1. The van der Waals surface area contributed by atoms with Gasteiger partial charge in [0.2, 0.25) is 5.82 Å². The predicted octanol–water partition coefficient (Wildman–Crippen LogP) is 0.678. The summed E-state index contributed by atoms with van der Waals surface area (Å²) in [6.45, 7) is 0. The van der Waals surface area contributed by atoms with Crippen LogP contribution in [0.15, 0.2) is 12.3 Å². The first-order chi connectivity index (χ1) is 6.15. The molecular weight excluding hydrogens is 192 g/mol. The van der Waals surface area contributed by atoms with Crippen LogP contribution in [0.4, 0.5) is 0 Å². The lowest BCUT2D eigenvalue weighted by molar-refractivity contribution is 0.0690. The summed E-state index contributed by atoms with van der Waals surface area (Å²) >= 11 is 0.941. The third-order valence-corrected chi connectivity index (χ3v) is 1.80. The van der Waals surface area contributed by atoms with Crippen molar-refractivity contribution in [2.24, 2.45) is 0 Å². The summed E-state index contributed by atoms with van der Waals surface area (Å²) in [4.78, 5) is 28.7. The van der Waals surface area contributed by atoms with Gasteiger partial charge in [0.1, 0.15) is 0 Å². The van der Waals surface area contributed by atoms with Crippen LogP contribution in [-0.4, -0.2) is 32.4 Å². The zero-order valence-corrected chi connectivity index (χ0v) is 7.54. The normalized spacial score (nSPS) is 9.62. The van der Waals surface area contributed by atoms with Crippen LogP contribution < -0.4 is 0 Å². The van der Waals surface area contributed by atoms with Gasteiger partial charge in [0.25, 0.3) is 5.12 Å². The molecule has 1 heterocycles. The summed E-state index contributed by atoms with van der Waals surface area (Å²) in [7, 11) is 0. The minimum absolute atomic E-state index is 0.0765. The first kappa shape index (κ1) is 9.66. The Morgan fingerprint density at radius 2 is 2.23 bits per heavy atom. The fourth-order valence-corrected chi connectivity index (χ4v) is 0.948. The molecule has 0 saturated heterocycles. The third kappa shape index (κ3) is 2.25. The van der Waals surface area contributed by atoms with Crippen molar-refractivity contribution in [2.75, 3.05) is 6.26 Å². The van der Waals surface area contributed by atoms with E-state index in [1.54, 1.807) is 6.26 Å². The lowest BCUT2D eigenvalue weighted by Crippen LogP contribution is -2.07. The minimum Gasteiger partial charge on any atom is -0.477 e. The molecule has 1 aromatic heterocycles. The molecule has 13 heavy (non-hydrogen) atoms. The molecule has 0 aliphatic heterocycles. The number of nitrogens with zero attached hydrogens (tertiary/aromatic N) is 2. The number of aromatic carboxylic acids is 1. The predicted molar refractivity (Wildman–Crippen MR) is 46.8 cm³/mol. The standard InChI is InChI=1S/C7H6N2O3S/c1-13-7(12)5-8-3-2-4(9-5)6(10)11/h2-3H,1H3,(H,10,11). The molecule has 0 fully saturated rings. The number of carboxylic acid groups (broad SMARTS) is 1. The number of carbonyl (C=O) groups is 2. The van der Waals surface area contributed by atoms with Crippen LogP contribution >= 0.6 is 11.8 Å². The van der Waals surface area contributed by atoms with Gasteiger partial charge >= 0.3 is 5.97 Å². The second kappa shape index (κ2) is 3.99. The molecule has 68 valence electrons. The van der Waals surface area contributed by atoms with Crippen molar-refractivity contribution in [3.8, 4) is 0 Å². The maximum absolute atomic E-state index is 11.0. The molecule has 0 aliphatic rings. The molecule has 1 rings (SSSR count). The summed E-state index contributed by atoms with van der Waals surface area (Å²) in [6, 6.07) is 1.24. The average molecular weight is 198 g/mol. The number of aromatic nitrogens is 2. The van der Waals surface area contributed by atoms with Crippen molar-refractivity contribution in [1.29, 1.82) is 0 Å². The molecule has 5 nitrogen and oxygen atoms in total. The van der Waals surface area contributed by atoms with Crippen LogP contribution in [0, 0.1) is 0 Å². The summed E-state index contributed by atoms with van der Waals surface area (Å²) in [5.41, 5.74) is -0.174. The number of thioether (sulfide) groups is 1. The molecule has 0 unspecified atom stereocenters. The van der Waals surface area contributed by atoms with Crippen molar-refractivity contribution in [2.45, 2.75) is 0 Å². The fraction of sp³-hybridized carbons (Fsp3) is 0.143. The first-order valence-electron chi connectivity index (χ1n) is 3.30. The highest BCUT2D eigenvalue weighted by Crippen LogP contribution is 2.04. The molecule has 0 aliphatic carbocycles. The van der Waals surface area contributed by atoms with E-state index in [2.05, 4.69) is 9.97 Å². The minimum atomic E-state index is -1.17. The van der Waals surface area contributed by atoms with E-state index in [0.29, 0.717) is 0 Å². The average Bonchev–Trinajstić information content (AvgIpc) is 2.17. The Bertz CT molecular complexity index is 353. The van der Waals surface area contributed by atoms with Crippen LogP contribution in [0.3, 0.4) is 0 Å². The van der Waals surface area contributed by atoms with Crippen molar-refractivity contribution in [1.82, 2.24) is 9.97 Å². The highest BCUT2D eigenvalue weighted by atomic mass is 32.2. The molecule has 0 atom stereocenters. The number of hydrogen-bond donors (Lipinski definition) is 1. The van der Waals surface area contributed by atoms with E-state index >= 15 is 0 Å². The molecule has 0 spiro atoms. The molecule has 0 aromatic carbocycles. The third-order valence-electron chi connectivity index (χ3n) is 1.24. The number of carbonyl (C=O) groups excluding carboxylic acids is 1. The summed E-state index contributed by atoms with van der Waals surface area (Å²) in [5.74, 6) is -1.25. The van der Waals surface area contributed by atoms with Gasteiger partial charge in [-0.05, 0) is 12.3 Å². The Morgan fingerprint density at radius 3 is 2.77 bits per heavy atom. The lowest BCUT2D eigenvalue weighted by atomic mass is 10.4. The zero-order valence-electron chi connectivity index (χ0n) is 6.72. The highest BCUT2D eigenvalue weighted by molar-refractivity contribution is 8.13. The Hall–Kier alpha value is -1.43. The van der Waals surface area contributed by atoms with E-state index in [4.69, 9.17) is 5.11 Å². The van der Waals surface area contributed by atoms with Crippen LogP contribution in [0.2, 0.25) is 0 Å². The van der Waals surface area contributed by atoms with Gasteiger partial charge in [0, 0.05) is 6.20 Å². The van der Waals surface area contributed by atoms with Crippen LogP contribution in [0.5, 0.6) is 0 Å². The molecule has 0 radical (unpaired) electrons. The van der Waals surface area contributed by atoms with Gasteiger partial charge in [-0.15, -0.1) is 0 Å². The van der Waals surface area contributed by atoms with E-state index in [1.165, 1.54) is 12.3 Å². The molecule has 0 amide bonds. The van der Waals surface area contributed by atoms with Gasteiger partial charge in [-0.25, -0.2) is 14.8 Å². The first-order valence-corrected chi connectivity index (χ1v) is 4.52. The maximum Gasteiger partial charge on any atom is 0.354 e. The summed E-state index contributed by atoms with van der Waals surface area (Å²) < 4.78 is 0. The molecule has 0 saturated carbocycles. The van der Waals surface area contributed by atoms with E-state index in [1.807, 2.05) is 0 Å². The molecule has 1 aromatic rings. The van der Waals surface area contributed by atoms with Crippen molar-refractivity contribution < 1.29 is 14.7 Å². The second-order valence-corrected chi connectivity index (χ2v) is 2.84. The van der Waals surface area contributed by atoms with Crippen LogP contribution in [0.25, 0.3) is 0 Å². The topological polar surface area (TPSA) is 80.2 Å². The zero-order chi connectivity index (χ0) is 9.84. The Labute approximate surface area is 78.2 Å². The largest absolute Gasteiger partial charge is 0.477 e. The van der Waals surface area contributed by atoms with E-state index in [0.717, 1.165) is 11.8 Å². The van der Waals surface area contributed by atoms with E-state index in [9.17, 15) is 9.59 Å². The quantitative estimate of drug-likeness (QED) is 0.752. The number of rotatable bonds is 2. The SMILES string of the molecule is CSC(=O)c1nccc(C(=O)O)n1. The van der Waals surface area contributed by atoms with Crippen molar-refractivity contribution >= 4 is 22.8 Å². The van der Waals surface area contributed by atoms with Crippen LogP contribution in [-0.2, 0) is 0 Å². The van der Waals surface area contributed by atoms with Crippen molar-refractivity contribution in [3.05, 3.63) is 23.8 Å². The van der Waals surface area contributed by atoms with E-state index in [-0.39, 0.29) is 16.6 Å². The van der Waals surface area contributed by atoms with Gasteiger partial charge in [-0.2, -0.15) is 0 Å². The highest BCUT2D eigenvalue weighted by Gasteiger charge is 2.11. The molecule has 0 bridgehead atoms. The van der Waals surface area contributed by atoms with Gasteiger partial charge in [0.15, 0.2) is 5.69 Å². The van der Waals surface area contributed by atoms with Crippen LogP contribution in [0.1, 0.15) is 21.1 Å². The smallest absolute Gasteiger partial charge is 0.354 e.